The Morgan fingerprint density at radius 2 is 1.75 bits per heavy atom. The van der Waals surface area contributed by atoms with E-state index < -0.39 is 17.6 Å². The predicted molar refractivity (Wildman–Crippen MR) is 73.9 cm³/mol. The van der Waals surface area contributed by atoms with E-state index in [1.54, 1.807) is 24.3 Å². The monoisotopic (exact) mass is 278 g/mol. The van der Waals surface area contributed by atoms with Crippen LogP contribution in [0.3, 0.4) is 0 Å². The molecule has 2 amide bonds. The maximum atomic E-state index is 11.5. The van der Waals surface area contributed by atoms with E-state index in [0.717, 1.165) is 12.8 Å². The molecule has 0 radical (unpaired) electrons. The largest absolute Gasteiger partial charge is 0.363 e. The second kappa shape index (κ2) is 10.4. The number of ketones is 1. The lowest BCUT2D eigenvalue weighted by atomic mass is 10.1. The van der Waals surface area contributed by atoms with Crippen molar-refractivity contribution >= 4 is 23.9 Å². The second-order valence-electron chi connectivity index (χ2n) is 3.82. The van der Waals surface area contributed by atoms with Gasteiger partial charge < -0.3 is 11.1 Å². The van der Waals surface area contributed by atoms with Gasteiger partial charge in [0.05, 0.1) is 0 Å². The van der Waals surface area contributed by atoms with Crippen molar-refractivity contribution < 1.29 is 19.2 Å². The van der Waals surface area contributed by atoms with Gasteiger partial charge in [0.1, 0.15) is 0 Å². The number of aldehydes is 1. The summed E-state index contributed by atoms with van der Waals surface area (Å²) in [6.45, 7) is 2.60. The summed E-state index contributed by atoms with van der Waals surface area (Å²) in [5, 5.41) is 2.59. The topological polar surface area (TPSA) is 106 Å². The lowest BCUT2D eigenvalue weighted by molar-refractivity contribution is -0.129. The van der Waals surface area contributed by atoms with Crippen molar-refractivity contribution in [2.75, 3.05) is 6.54 Å². The molecule has 1 aromatic rings. The zero-order valence-electron chi connectivity index (χ0n) is 11.3. The maximum Gasteiger partial charge on any atom is 0.292 e. The summed E-state index contributed by atoms with van der Waals surface area (Å²) in [4.78, 5) is 41.1. The third-order valence-corrected chi connectivity index (χ3v) is 2.17. The molecule has 0 spiro atoms. The summed E-state index contributed by atoms with van der Waals surface area (Å²) >= 11 is 0. The number of amides is 2. The third kappa shape index (κ3) is 7.75. The molecule has 0 bridgehead atoms. The number of hydrogen-bond acceptors (Lipinski definition) is 4. The van der Waals surface area contributed by atoms with E-state index >= 15 is 0 Å². The van der Waals surface area contributed by atoms with Crippen molar-refractivity contribution in [3.05, 3.63) is 35.9 Å². The Kier molecular flexibility index (Phi) is 9.12. The Morgan fingerprint density at radius 3 is 2.20 bits per heavy atom. The van der Waals surface area contributed by atoms with Crippen LogP contribution in [0.15, 0.2) is 30.3 Å². The molecule has 1 aromatic carbocycles. The fourth-order valence-electron chi connectivity index (χ4n) is 1.18. The van der Waals surface area contributed by atoms with Gasteiger partial charge in [-0.2, -0.15) is 0 Å². The minimum Gasteiger partial charge on any atom is -0.363 e. The zero-order valence-corrected chi connectivity index (χ0v) is 11.3. The lowest BCUT2D eigenvalue weighted by Crippen LogP contribution is -2.31. The van der Waals surface area contributed by atoms with Gasteiger partial charge in [0, 0.05) is 12.1 Å². The standard InChI is InChI=1S/C12H15NO2.C2H3NO2/c1-2-3-9-13-12(15)11(14)10-7-5-4-6-8-10;3-2(5)1-4/h4-8H,2-3,9H2,1H3,(H,13,15);1H,(H2,3,5). The molecule has 0 aliphatic heterocycles. The van der Waals surface area contributed by atoms with Gasteiger partial charge in [0.2, 0.25) is 12.1 Å². The highest BCUT2D eigenvalue weighted by Crippen LogP contribution is 1.99. The molecular formula is C14H18N2O4. The number of hydrogen-bond donors (Lipinski definition) is 2. The number of benzene rings is 1. The van der Waals surface area contributed by atoms with Gasteiger partial charge in [0.25, 0.3) is 11.8 Å². The van der Waals surface area contributed by atoms with Crippen LogP contribution in [0.2, 0.25) is 0 Å². The number of carbonyl (C=O) groups excluding carboxylic acids is 4. The van der Waals surface area contributed by atoms with Crippen molar-refractivity contribution in [3.8, 4) is 0 Å². The van der Waals surface area contributed by atoms with Gasteiger partial charge in [-0.1, -0.05) is 43.7 Å². The summed E-state index contributed by atoms with van der Waals surface area (Å²) in [5.74, 6) is -1.91. The van der Waals surface area contributed by atoms with Crippen molar-refractivity contribution in [1.82, 2.24) is 5.32 Å². The number of primary amides is 1. The van der Waals surface area contributed by atoms with Crippen LogP contribution in [0.4, 0.5) is 0 Å². The third-order valence-electron chi connectivity index (χ3n) is 2.17. The van der Waals surface area contributed by atoms with Crippen LogP contribution in [0.1, 0.15) is 30.1 Å². The number of rotatable bonds is 6. The molecule has 0 aromatic heterocycles. The number of nitrogens with one attached hydrogen (secondary N) is 1. The number of nitrogens with two attached hydrogens (primary N) is 1. The minimum atomic E-state index is -0.926. The Balaban J connectivity index is 0.000000621. The smallest absolute Gasteiger partial charge is 0.292 e. The summed E-state index contributed by atoms with van der Waals surface area (Å²) in [5.41, 5.74) is 4.72. The van der Waals surface area contributed by atoms with Crippen LogP contribution >= 0.6 is 0 Å². The Morgan fingerprint density at radius 1 is 1.20 bits per heavy atom. The Bertz CT molecular complexity index is 458. The number of Topliss-reactive ketones (excluding diaryl/α,β-unsaturated/α-hetero) is 1. The highest BCUT2D eigenvalue weighted by Gasteiger charge is 2.14. The van der Waals surface area contributed by atoms with Gasteiger partial charge in [-0.3, -0.25) is 19.2 Å². The average molecular weight is 278 g/mol. The molecule has 0 atom stereocenters. The van der Waals surface area contributed by atoms with E-state index in [0.29, 0.717) is 12.1 Å². The normalized spacial score (nSPS) is 8.85. The molecule has 108 valence electrons. The van der Waals surface area contributed by atoms with Gasteiger partial charge >= 0.3 is 0 Å². The van der Waals surface area contributed by atoms with E-state index in [-0.39, 0.29) is 6.29 Å². The van der Waals surface area contributed by atoms with Crippen LogP contribution in [0.25, 0.3) is 0 Å². The molecular weight excluding hydrogens is 260 g/mol. The quantitative estimate of drug-likeness (QED) is 0.341. The summed E-state index contributed by atoms with van der Waals surface area (Å²) in [6.07, 6.45) is 1.95. The highest BCUT2D eigenvalue weighted by atomic mass is 16.2. The summed E-state index contributed by atoms with van der Waals surface area (Å²) < 4.78 is 0. The van der Waals surface area contributed by atoms with Crippen LogP contribution in [-0.2, 0) is 14.4 Å². The predicted octanol–water partition coefficient (Wildman–Crippen LogP) is 0.456. The van der Waals surface area contributed by atoms with E-state index in [9.17, 15) is 14.4 Å². The highest BCUT2D eigenvalue weighted by molar-refractivity contribution is 6.42. The molecule has 3 N–H and O–H groups in total. The number of carbonyl (C=O) groups is 4. The van der Waals surface area contributed by atoms with Gasteiger partial charge in [0.15, 0.2) is 0 Å². The van der Waals surface area contributed by atoms with Crippen molar-refractivity contribution in [1.29, 1.82) is 0 Å². The fraction of sp³-hybridized carbons (Fsp3) is 0.286. The van der Waals surface area contributed by atoms with Crippen molar-refractivity contribution in [2.45, 2.75) is 19.8 Å². The van der Waals surface area contributed by atoms with Gasteiger partial charge in [-0.15, -0.1) is 0 Å². The average Bonchev–Trinajstić information content (AvgIpc) is 2.48. The molecule has 0 fully saturated rings. The summed E-state index contributed by atoms with van der Waals surface area (Å²) in [7, 11) is 0. The number of unbranched alkanes of at least 4 members (excludes halogenated alkanes) is 1. The van der Waals surface area contributed by atoms with Crippen molar-refractivity contribution in [3.63, 3.8) is 0 Å². The SMILES string of the molecule is CCCCNC(=O)C(=O)c1ccccc1.NC(=O)C=O. The molecule has 6 heteroatoms. The molecule has 0 saturated carbocycles. The molecule has 0 saturated heterocycles. The minimum absolute atomic E-state index is 0.0556. The maximum absolute atomic E-state index is 11.5. The molecule has 0 heterocycles. The molecule has 20 heavy (non-hydrogen) atoms. The first-order chi connectivity index (χ1) is 9.52. The van der Waals surface area contributed by atoms with Crippen LogP contribution in [0.5, 0.6) is 0 Å². The second-order valence-corrected chi connectivity index (χ2v) is 3.82. The van der Waals surface area contributed by atoms with Gasteiger partial charge in [-0.25, -0.2) is 0 Å². The van der Waals surface area contributed by atoms with E-state index in [1.165, 1.54) is 0 Å². The lowest BCUT2D eigenvalue weighted by Gasteiger charge is -2.02. The van der Waals surface area contributed by atoms with Crippen molar-refractivity contribution in [2.24, 2.45) is 5.73 Å². The fourth-order valence-corrected chi connectivity index (χ4v) is 1.18. The van der Waals surface area contributed by atoms with E-state index in [1.807, 2.05) is 13.0 Å². The molecule has 0 aliphatic rings. The molecule has 1 rings (SSSR count). The van der Waals surface area contributed by atoms with Crippen LogP contribution in [-0.4, -0.2) is 30.4 Å². The molecule has 6 nitrogen and oxygen atoms in total. The zero-order chi connectivity index (χ0) is 15.4. The molecule has 0 unspecified atom stereocenters. The first-order valence-corrected chi connectivity index (χ1v) is 6.15. The first-order valence-electron chi connectivity index (χ1n) is 6.15. The van der Waals surface area contributed by atoms with Crippen LogP contribution in [0, 0.1) is 0 Å². The van der Waals surface area contributed by atoms with Crippen LogP contribution < -0.4 is 11.1 Å². The Labute approximate surface area is 117 Å². The first kappa shape index (κ1) is 17.5. The Hall–Kier alpha value is -2.50. The molecule has 0 aliphatic carbocycles. The van der Waals surface area contributed by atoms with Gasteiger partial charge in [-0.05, 0) is 6.42 Å². The summed E-state index contributed by atoms with van der Waals surface area (Å²) in [6, 6.07) is 8.58. The van der Waals surface area contributed by atoms with E-state index in [4.69, 9.17) is 4.79 Å². The van der Waals surface area contributed by atoms with E-state index in [2.05, 4.69) is 11.1 Å².